The van der Waals surface area contributed by atoms with Crippen molar-refractivity contribution in [2.24, 2.45) is 7.05 Å². The number of aromatic nitrogens is 1. The Morgan fingerprint density at radius 2 is 1.79 bits per heavy atom. The van der Waals surface area contributed by atoms with E-state index in [1.54, 1.807) is 14.2 Å². The molecule has 1 fully saturated rings. The Kier molecular flexibility index (Phi) is 6.75. The predicted octanol–water partition coefficient (Wildman–Crippen LogP) is 3.28. The Hall–Kier alpha value is -2.31. The second kappa shape index (κ2) is 9.26. The van der Waals surface area contributed by atoms with Gasteiger partial charge in [-0.15, -0.1) is 0 Å². The van der Waals surface area contributed by atoms with Gasteiger partial charge >= 0.3 is 0 Å². The van der Waals surface area contributed by atoms with Crippen molar-refractivity contribution in [3.8, 4) is 17.0 Å². The fourth-order valence-electron chi connectivity index (χ4n) is 3.65. The van der Waals surface area contributed by atoms with E-state index >= 15 is 0 Å². The zero-order valence-corrected chi connectivity index (χ0v) is 17.2. The standard InChI is InChI=1S/C22H30N2O4/c1-16-20(15-21(23(16)2)17-5-7-18(27-4)8-6-17)22(25)24-11-9-19(10-12-24)28-14-13-26-3/h5-8,15,19H,9-14H2,1-4H3. The molecule has 1 aliphatic rings. The Labute approximate surface area is 167 Å². The molecule has 1 aromatic heterocycles. The van der Waals surface area contributed by atoms with Crippen molar-refractivity contribution in [1.29, 1.82) is 0 Å². The molecule has 1 aromatic carbocycles. The summed E-state index contributed by atoms with van der Waals surface area (Å²) >= 11 is 0. The van der Waals surface area contributed by atoms with E-state index in [2.05, 4.69) is 4.57 Å². The summed E-state index contributed by atoms with van der Waals surface area (Å²) in [6, 6.07) is 9.91. The van der Waals surface area contributed by atoms with Gasteiger partial charge in [0, 0.05) is 38.6 Å². The molecule has 2 aromatic rings. The van der Waals surface area contributed by atoms with Crippen molar-refractivity contribution in [2.45, 2.75) is 25.9 Å². The first-order valence-corrected chi connectivity index (χ1v) is 9.75. The van der Waals surface area contributed by atoms with Crippen molar-refractivity contribution in [3.05, 3.63) is 41.6 Å². The number of ether oxygens (including phenoxy) is 3. The second-order valence-corrected chi connectivity index (χ2v) is 7.17. The molecule has 6 heteroatoms. The molecule has 152 valence electrons. The third-order valence-corrected chi connectivity index (χ3v) is 5.52. The van der Waals surface area contributed by atoms with Gasteiger partial charge in [0.1, 0.15) is 5.75 Å². The topological polar surface area (TPSA) is 52.9 Å². The van der Waals surface area contributed by atoms with E-state index < -0.39 is 0 Å². The van der Waals surface area contributed by atoms with Gasteiger partial charge < -0.3 is 23.7 Å². The van der Waals surface area contributed by atoms with Crippen LogP contribution in [-0.4, -0.2) is 62.0 Å². The third-order valence-electron chi connectivity index (χ3n) is 5.52. The van der Waals surface area contributed by atoms with Crippen LogP contribution in [0.4, 0.5) is 0 Å². The lowest BCUT2D eigenvalue weighted by Crippen LogP contribution is -2.41. The lowest BCUT2D eigenvalue weighted by atomic mass is 10.1. The van der Waals surface area contributed by atoms with E-state index in [-0.39, 0.29) is 12.0 Å². The number of likely N-dealkylation sites (tertiary alicyclic amines) is 1. The summed E-state index contributed by atoms with van der Waals surface area (Å²) in [7, 11) is 5.33. The van der Waals surface area contributed by atoms with Gasteiger partial charge in [-0.2, -0.15) is 0 Å². The van der Waals surface area contributed by atoms with E-state index in [9.17, 15) is 4.79 Å². The Morgan fingerprint density at radius 1 is 1.11 bits per heavy atom. The highest BCUT2D eigenvalue weighted by molar-refractivity contribution is 5.97. The molecule has 0 atom stereocenters. The average molecular weight is 386 g/mol. The number of methoxy groups -OCH3 is 2. The van der Waals surface area contributed by atoms with Gasteiger partial charge in [0.05, 0.1) is 32.0 Å². The fourth-order valence-corrected chi connectivity index (χ4v) is 3.65. The molecule has 1 aliphatic heterocycles. The van der Waals surface area contributed by atoms with E-state index in [0.29, 0.717) is 13.2 Å². The highest BCUT2D eigenvalue weighted by Crippen LogP contribution is 2.28. The lowest BCUT2D eigenvalue weighted by molar-refractivity contribution is -0.0122. The highest BCUT2D eigenvalue weighted by atomic mass is 16.5. The molecule has 0 spiro atoms. The Bertz CT molecular complexity index is 790. The molecule has 0 bridgehead atoms. The summed E-state index contributed by atoms with van der Waals surface area (Å²) in [5, 5.41) is 0. The molecule has 0 aliphatic carbocycles. The van der Waals surface area contributed by atoms with Gasteiger partial charge in [-0.1, -0.05) is 0 Å². The number of nitrogens with zero attached hydrogens (tertiary/aromatic N) is 2. The summed E-state index contributed by atoms with van der Waals surface area (Å²) in [6.45, 7) is 4.67. The van der Waals surface area contributed by atoms with E-state index in [1.165, 1.54) is 0 Å². The molecule has 0 N–H and O–H groups in total. The van der Waals surface area contributed by atoms with Gasteiger partial charge in [-0.05, 0) is 55.7 Å². The van der Waals surface area contributed by atoms with Crippen molar-refractivity contribution >= 4 is 5.91 Å². The maximum Gasteiger partial charge on any atom is 0.255 e. The van der Waals surface area contributed by atoms with Crippen molar-refractivity contribution < 1.29 is 19.0 Å². The van der Waals surface area contributed by atoms with E-state index in [4.69, 9.17) is 14.2 Å². The zero-order chi connectivity index (χ0) is 20.1. The van der Waals surface area contributed by atoms with Crippen LogP contribution in [0.5, 0.6) is 5.75 Å². The molecule has 1 amide bonds. The summed E-state index contributed by atoms with van der Waals surface area (Å²) in [4.78, 5) is 15.1. The minimum atomic E-state index is 0.100. The van der Waals surface area contributed by atoms with Crippen LogP contribution in [0.2, 0.25) is 0 Å². The van der Waals surface area contributed by atoms with Crippen LogP contribution in [0.1, 0.15) is 28.9 Å². The number of amides is 1. The first kappa shape index (κ1) is 20.4. The van der Waals surface area contributed by atoms with Gasteiger partial charge in [0.15, 0.2) is 0 Å². The molecule has 2 heterocycles. The molecule has 1 saturated heterocycles. The minimum Gasteiger partial charge on any atom is -0.497 e. The van der Waals surface area contributed by atoms with Crippen molar-refractivity contribution in [3.63, 3.8) is 0 Å². The summed E-state index contributed by atoms with van der Waals surface area (Å²) in [5.41, 5.74) is 3.85. The molecule has 0 unspecified atom stereocenters. The number of hydrogen-bond donors (Lipinski definition) is 0. The van der Waals surface area contributed by atoms with Crippen LogP contribution < -0.4 is 4.74 Å². The summed E-state index contributed by atoms with van der Waals surface area (Å²) < 4.78 is 18.1. The van der Waals surface area contributed by atoms with Crippen molar-refractivity contribution in [2.75, 3.05) is 40.5 Å². The molecule has 0 radical (unpaired) electrons. The largest absolute Gasteiger partial charge is 0.497 e. The van der Waals surface area contributed by atoms with Crippen LogP contribution in [0.15, 0.2) is 30.3 Å². The number of carbonyl (C=O) groups excluding carboxylic acids is 1. The Balaban J connectivity index is 1.69. The maximum absolute atomic E-state index is 13.1. The van der Waals surface area contributed by atoms with Crippen LogP contribution in [-0.2, 0) is 16.5 Å². The van der Waals surface area contributed by atoms with Crippen LogP contribution in [0.3, 0.4) is 0 Å². The predicted molar refractivity (Wildman–Crippen MR) is 109 cm³/mol. The fraction of sp³-hybridized carbons (Fsp3) is 0.500. The number of piperidine rings is 1. The smallest absolute Gasteiger partial charge is 0.255 e. The number of benzene rings is 1. The van der Waals surface area contributed by atoms with Crippen LogP contribution in [0.25, 0.3) is 11.3 Å². The van der Waals surface area contributed by atoms with Crippen molar-refractivity contribution in [1.82, 2.24) is 9.47 Å². The van der Waals surface area contributed by atoms with Gasteiger partial charge in [0.25, 0.3) is 5.91 Å². The highest BCUT2D eigenvalue weighted by Gasteiger charge is 2.26. The van der Waals surface area contributed by atoms with E-state index in [0.717, 1.165) is 54.2 Å². The SMILES string of the molecule is COCCOC1CCN(C(=O)c2cc(-c3ccc(OC)cc3)n(C)c2C)CC1. The second-order valence-electron chi connectivity index (χ2n) is 7.17. The first-order valence-electron chi connectivity index (χ1n) is 9.75. The molecule has 28 heavy (non-hydrogen) atoms. The lowest BCUT2D eigenvalue weighted by Gasteiger charge is -2.32. The normalized spacial score (nSPS) is 15.1. The Morgan fingerprint density at radius 3 is 2.39 bits per heavy atom. The molecular weight excluding hydrogens is 356 g/mol. The minimum absolute atomic E-state index is 0.100. The molecule has 6 nitrogen and oxygen atoms in total. The van der Waals surface area contributed by atoms with E-state index in [1.807, 2.05) is 49.2 Å². The van der Waals surface area contributed by atoms with Gasteiger partial charge in [-0.3, -0.25) is 4.79 Å². The summed E-state index contributed by atoms with van der Waals surface area (Å²) in [5.74, 6) is 0.921. The monoisotopic (exact) mass is 386 g/mol. The van der Waals surface area contributed by atoms with Gasteiger partial charge in [-0.25, -0.2) is 0 Å². The number of hydrogen-bond acceptors (Lipinski definition) is 4. The zero-order valence-electron chi connectivity index (χ0n) is 17.2. The molecule has 3 rings (SSSR count). The number of carbonyl (C=O) groups is 1. The van der Waals surface area contributed by atoms with Crippen LogP contribution in [0, 0.1) is 6.92 Å². The number of rotatable bonds is 7. The first-order chi connectivity index (χ1) is 13.5. The summed E-state index contributed by atoms with van der Waals surface area (Å²) in [6.07, 6.45) is 1.95. The average Bonchev–Trinajstić information content (AvgIpc) is 3.03. The van der Waals surface area contributed by atoms with Crippen LogP contribution >= 0.6 is 0 Å². The maximum atomic E-state index is 13.1. The third kappa shape index (κ3) is 4.39. The molecular formula is C22H30N2O4. The molecule has 0 saturated carbocycles. The van der Waals surface area contributed by atoms with Gasteiger partial charge in [0.2, 0.25) is 0 Å². The quantitative estimate of drug-likeness (QED) is 0.686.